The van der Waals surface area contributed by atoms with E-state index >= 15 is 4.39 Å². The van der Waals surface area contributed by atoms with E-state index in [4.69, 9.17) is 9.47 Å². The number of likely N-dealkylation sites (tertiary alicyclic amines) is 1. The molecule has 2 saturated heterocycles. The van der Waals surface area contributed by atoms with E-state index < -0.39 is 17.2 Å². The number of halogens is 1. The van der Waals surface area contributed by atoms with Crippen molar-refractivity contribution >= 4 is 33.3 Å². The monoisotopic (exact) mass is 585 g/mol. The minimum Gasteiger partial charge on any atom is -0.451 e. The van der Waals surface area contributed by atoms with Crippen LogP contribution < -0.4 is 20.8 Å². The Hall–Kier alpha value is -3.99. The van der Waals surface area contributed by atoms with E-state index in [1.807, 2.05) is 41.0 Å². The molecule has 10 heteroatoms. The van der Waals surface area contributed by atoms with E-state index in [2.05, 4.69) is 20.4 Å². The normalized spacial score (nSPS) is 16.8. The first-order valence-electron chi connectivity index (χ1n) is 15.2. The molecule has 0 saturated carbocycles. The number of pyridine rings is 1. The van der Waals surface area contributed by atoms with Gasteiger partial charge in [0.25, 0.3) is 5.91 Å². The minimum absolute atomic E-state index is 0.0278. The predicted octanol–water partition coefficient (Wildman–Crippen LogP) is 4.35. The Bertz CT molecular complexity index is 1740. The van der Waals surface area contributed by atoms with Crippen LogP contribution in [0.2, 0.25) is 0 Å². The number of hydrogen-bond acceptors (Lipinski definition) is 7. The summed E-state index contributed by atoms with van der Waals surface area (Å²) in [5, 5.41) is 8.23. The lowest BCUT2D eigenvalue weighted by Gasteiger charge is -2.27. The third-order valence-electron chi connectivity index (χ3n) is 8.71. The standard InChI is InChI=1S/C33H36FN5O4/c34-26-20-24-30-32(29(26)35-9-13-37-10-3-4-11-37)43-28-19-23-7-2-1-6-22(23)18-27(28)39(30)21-25(31(24)40)33(41)36-8-5-12-38-14-16-42-17-15-38/h1-2,6-7,18-21,35H,3-5,8-17H2,(H,36,41). The quantitative estimate of drug-likeness (QED) is 0.249. The molecule has 2 N–H and O–H groups in total. The Morgan fingerprint density at radius 3 is 2.47 bits per heavy atom. The number of aromatic nitrogens is 1. The van der Waals surface area contributed by atoms with Crippen molar-refractivity contribution in [1.29, 1.82) is 0 Å². The summed E-state index contributed by atoms with van der Waals surface area (Å²) in [7, 11) is 0. The molecular formula is C33H36FN5O4. The maximum Gasteiger partial charge on any atom is 0.256 e. The van der Waals surface area contributed by atoms with Crippen LogP contribution in [0.15, 0.2) is 53.5 Å². The van der Waals surface area contributed by atoms with Gasteiger partial charge in [-0.3, -0.25) is 14.5 Å². The van der Waals surface area contributed by atoms with Crippen molar-refractivity contribution in [3.8, 4) is 17.2 Å². The average molecular weight is 586 g/mol. The molecule has 2 fully saturated rings. The van der Waals surface area contributed by atoms with Crippen molar-refractivity contribution in [1.82, 2.24) is 19.7 Å². The van der Waals surface area contributed by atoms with Gasteiger partial charge >= 0.3 is 0 Å². The highest BCUT2D eigenvalue weighted by Gasteiger charge is 2.29. The lowest BCUT2D eigenvalue weighted by atomic mass is 10.0. The number of fused-ring (bicyclic) bond motifs is 3. The summed E-state index contributed by atoms with van der Waals surface area (Å²) in [5.41, 5.74) is 0.807. The number of benzene rings is 3. The fraction of sp³-hybridized carbons (Fsp3) is 0.394. The molecular weight excluding hydrogens is 549 g/mol. The summed E-state index contributed by atoms with van der Waals surface area (Å²) >= 11 is 0. The SMILES string of the molecule is O=C(NCCCN1CCOCC1)c1cn2c3c(c(NCCN4CCCC4)c(F)cc3c1=O)Oc1cc3ccccc3cc1-2. The molecule has 3 aliphatic heterocycles. The maximum atomic E-state index is 15.8. The highest BCUT2D eigenvalue weighted by atomic mass is 19.1. The van der Waals surface area contributed by atoms with Crippen molar-refractivity contribution in [3.05, 3.63) is 70.3 Å². The first-order chi connectivity index (χ1) is 21.1. The van der Waals surface area contributed by atoms with Gasteiger partial charge in [0.1, 0.15) is 16.8 Å². The second-order valence-electron chi connectivity index (χ2n) is 11.5. The minimum atomic E-state index is -0.583. The predicted molar refractivity (Wildman–Crippen MR) is 165 cm³/mol. The fourth-order valence-corrected chi connectivity index (χ4v) is 6.40. The summed E-state index contributed by atoms with van der Waals surface area (Å²) in [4.78, 5) is 31.7. The van der Waals surface area contributed by atoms with Crippen molar-refractivity contribution in [2.75, 3.05) is 70.9 Å². The number of hydrogen-bond donors (Lipinski definition) is 2. The smallest absolute Gasteiger partial charge is 0.256 e. The van der Waals surface area contributed by atoms with E-state index in [9.17, 15) is 9.59 Å². The van der Waals surface area contributed by atoms with E-state index in [0.717, 1.165) is 69.7 Å². The largest absolute Gasteiger partial charge is 0.451 e. The molecule has 224 valence electrons. The van der Waals surface area contributed by atoms with Crippen LogP contribution in [0.5, 0.6) is 11.5 Å². The van der Waals surface area contributed by atoms with E-state index in [1.165, 1.54) is 18.9 Å². The second-order valence-corrected chi connectivity index (χ2v) is 11.5. The number of carbonyl (C=O) groups excluding carboxylic acids is 1. The number of anilines is 1. The van der Waals surface area contributed by atoms with Crippen LogP contribution >= 0.6 is 0 Å². The van der Waals surface area contributed by atoms with Crippen LogP contribution in [0.1, 0.15) is 29.6 Å². The zero-order valence-electron chi connectivity index (χ0n) is 24.2. The van der Waals surface area contributed by atoms with Gasteiger partial charge < -0.3 is 29.6 Å². The van der Waals surface area contributed by atoms with Gasteiger partial charge in [-0.15, -0.1) is 0 Å². The molecule has 0 bridgehead atoms. The summed E-state index contributed by atoms with van der Waals surface area (Å²) < 4.78 is 29.4. The van der Waals surface area contributed by atoms with Gasteiger partial charge in [-0.05, 0) is 67.9 Å². The van der Waals surface area contributed by atoms with Crippen molar-refractivity contribution < 1.29 is 18.7 Å². The summed E-state index contributed by atoms with van der Waals surface area (Å²) in [6.45, 7) is 7.88. The molecule has 7 rings (SSSR count). The van der Waals surface area contributed by atoms with Crippen LogP contribution in [0, 0.1) is 5.82 Å². The molecule has 0 spiro atoms. The van der Waals surface area contributed by atoms with Crippen LogP contribution in [-0.4, -0.2) is 85.8 Å². The Kier molecular flexibility index (Phi) is 7.73. The highest BCUT2D eigenvalue weighted by molar-refractivity contribution is 6.02. The lowest BCUT2D eigenvalue weighted by molar-refractivity contribution is 0.0374. The van der Waals surface area contributed by atoms with Crippen molar-refractivity contribution in [2.24, 2.45) is 0 Å². The zero-order valence-corrected chi connectivity index (χ0v) is 24.2. The molecule has 0 aliphatic carbocycles. The summed E-state index contributed by atoms with van der Waals surface area (Å²) in [5.74, 6) is -0.268. The number of rotatable bonds is 9. The summed E-state index contributed by atoms with van der Waals surface area (Å²) in [6.07, 6.45) is 4.69. The molecule has 4 aromatic rings. The topological polar surface area (TPSA) is 88.1 Å². The van der Waals surface area contributed by atoms with Gasteiger partial charge in [0.2, 0.25) is 5.43 Å². The third kappa shape index (κ3) is 5.46. The first kappa shape index (κ1) is 27.8. The molecule has 1 amide bonds. The van der Waals surface area contributed by atoms with Gasteiger partial charge in [-0.1, -0.05) is 24.3 Å². The number of morpholine rings is 1. The van der Waals surface area contributed by atoms with Gasteiger partial charge in [0.05, 0.1) is 24.3 Å². The Labute approximate surface area is 249 Å². The highest BCUT2D eigenvalue weighted by Crippen LogP contribution is 2.46. The molecule has 3 aromatic carbocycles. The summed E-state index contributed by atoms with van der Waals surface area (Å²) in [6, 6.07) is 13.0. The Balaban J connectivity index is 1.25. The zero-order chi connectivity index (χ0) is 29.3. The Morgan fingerprint density at radius 1 is 0.930 bits per heavy atom. The van der Waals surface area contributed by atoms with E-state index in [1.54, 1.807) is 6.20 Å². The first-order valence-corrected chi connectivity index (χ1v) is 15.2. The lowest BCUT2D eigenvalue weighted by Crippen LogP contribution is -2.38. The number of nitrogens with one attached hydrogen (secondary N) is 2. The van der Waals surface area contributed by atoms with E-state index in [-0.39, 0.29) is 22.4 Å². The second kappa shape index (κ2) is 11.9. The van der Waals surface area contributed by atoms with Crippen LogP contribution in [0.25, 0.3) is 27.4 Å². The van der Waals surface area contributed by atoms with Gasteiger partial charge in [0.15, 0.2) is 17.3 Å². The molecule has 43 heavy (non-hydrogen) atoms. The molecule has 9 nitrogen and oxygen atoms in total. The molecule has 4 heterocycles. The fourth-order valence-electron chi connectivity index (χ4n) is 6.40. The molecule has 0 radical (unpaired) electrons. The number of carbonyl (C=O) groups is 1. The Morgan fingerprint density at radius 2 is 1.67 bits per heavy atom. The number of ether oxygens (including phenoxy) is 2. The van der Waals surface area contributed by atoms with Crippen molar-refractivity contribution in [2.45, 2.75) is 19.3 Å². The van der Waals surface area contributed by atoms with Crippen LogP contribution in [-0.2, 0) is 4.74 Å². The molecule has 3 aliphatic rings. The molecule has 1 aromatic heterocycles. The maximum absolute atomic E-state index is 15.8. The van der Waals surface area contributed by atoms with Crippen LogP contribution in [0.3, 0.4) is 0 Å². The average Bonchev–Trinajstić information content (AvgIpc) is 3.55. The van der Waals surface area contributed by atoms with Gasteiger partial charge in [0, 0.05) is 38.9 Å². The van der Waals surface area contributed by atoms with Gasteiger partial charge in [-0.25, -0.2) is 4.39 Å². The molecule has 0 unspecified atom stereocenters. The third-order valence-corrected chi connectivity index (χ3v) is 8.71. The van der Waals surface area contributed by atoms with Gasteiger partial charge in [-0.2, -0.15) is 0 Å². The number of nitrogens with zero attached hydrogens (tertiary/aromatic N) is 3. The van der Waals surface area contributed by atoms with E-state index in [0.29, 0.717) is 30.0 Å². The van der Waals surface area contributed by atoms with Crippen molar-refractivity contribution in [3.63, 3.8) is 0 Å². The van der Waals surface area contributed by atoms with Crippen LogP contribution in [0.4, 0.5) is 10.1 Å². The number of amides is 1. The molecule has 0 atom stereocenters.